The number of para-hydroxylation sites is 2. The Hall–Kier alpha value is -3.22. The monoisotopic (exact) mass is 355 g/mol. The molecule has 26 heavy (non-hydrogen) atoms. The maximum Gasteiger partial charge on any atom is 0.240 e. The van der Waals surface area contributed by atoms with Gasteiger partial charge in [-0.2, -0.15) is 0 Å². The number of nitrogens with zero attached hydrogens (tertiary/aromatic N) is 2. The summed E-state index contributed by atoms with van der Waals surface area (Å²) in [6.45, 7) is 0.549. The summed E-state index contributed by atoms with van der Waals surface area (Å²) in [5.41, 5.74) is 2.64. The molecule has 0 spiro atoms. The van der Waals surface area contributed by atoms with Gasteiger partial charge in [-0.3, -0.25) is 4.79 Å². The van der Waals surface area contributed by atoms with Gasteiger partial charge < -0.3 is 24.1 Å². The van der Waals surface area contributed by atoms with Crippen LogP contribution in [0.5, 0.6) is 17.2 Å². The minimum Gasteiger partial charge on any atom is -0.493 e. The van der Waals surface area contributed by atoms with Crippen LogP contribution >= 0.6 is 0 Å². The number of ether oxygens (including phenoxy) is 3. The quantitative estimate of drug-likeness (QED) is 0.704. The van der Waals surface area contributed by atoms with E-state index in [0.717, 1.165) is 16.6 Å². The zero-order valence-corrected chi connectivity index (χ0v) is 15.0. The van der Waals surface area contributed by atoms with E-state index in [0.29, 0.717) is 23.8 Å². The van der Waals surface area contributed by atoms with Crippen LogP contribution in [0.15, 0.2) is 42.7 Å². The zero-order chi connectivity index (χ0) is 18.5. The molecule has 0 atom stereocenters. The number of carbonyl (C=O) groups excluding carboxylic acids is 1. The Kier molecular flexibility index (Phi) is 5.26. The van der Waals surface area contributed by atoms with Gasteiger partial charge in [-0.25, -0.2) is 4.98 Å². The molecule has 1 N–H and O–H groups in total. The average Bonchev–Trinajstić information content (AvgIpc) is 3.08. The molecular formula is C19H21N3O4. The second-order valence-corrected chi connectivity index (χ2v) is 5.67. The van der Waals surface area contributed by atoms with Gasteiger partial charge in [0.15, 0.2) is 11.5 Å². The Morgan fingerprint density at radius 3 is 2.42 bits per heavy atom. The molecule has 0 aliphatic heterocycles. The molecule has 0 aliphatic carbocycles. The molecule has 3 aromatic rings. The molecule has 0 aliphatic rings. The predicted octanol–water partition coefficient (Wildman–Crippen LogP) is 2.38. The Bertz CT molecular complexity index is 895. The van der Waals surface area contributed by atoms with Gasteiger partial charge in [-0.15, -0.1) is 0 Å². The highest BCUT2D eigenvalue weighted by atomic mass is 16.5. The highest BCUT2D eigenvalue weighted by Crippen LogP contribution is 2.38. The fraction of sp³-hybridized carbons (Fsp3) is 0.263. The van der Waals surface area contributed by atoms with Crippen LogP contribution in [0.2, 0.25) is 0 Å². The van der Waals surface area contributed by atoms with Crippen LogP contribution in [-0.4, -0.2) is 36.8 Å². The van der Waals surface area contributed by atoms with Crippen molar-refractivity contribution < 1.29 is 19.0 Å². The van der Waals surface area contributed by atoms with Gasteiger partial charge >= 0.3 is 0 Å². The molecular weight excluding hydrogens is 334 g/mol. The number of aromatic nitrogens is 2. The second-order valence-electron chi connectivity index (χ2n) is 5.67. The zero-order valence-electron chi connectivity index (χ0n) is 15.0. The lowest BCUT2D eigenvalue weighted by atomic mass is 10.1. The number of carbonyl (C=O) groups is 1. The molecule has 7 heteroatoms. The van der Waals surface area contributed by atoms with Gasteiger partial charge in [0.05, 0.1) is 38.7 Å². The summed E-state index contributed by atoms with van der Waals surface area (Å²) in [6.07, 6.45) is 1.67. The van der Waals surface area contributed by atoms with Crippen molar-refractivity contribution in [2.24, 2.45) is 0 Å². The van der Waals surface area contributed by atoms with Crippen molar-refractivity contribution >= 4 is 16.9 Å². The molecule has 0 bridgehead atoms. The molecule has 3 rings (SSSR count). The van der Waals surface area contributed by atoms with Crippen molar-refractivity contribution in [2.45, 2.75) is 13.1 Å². The number of benzene rings is 2. The summed E-state index contributed by atoms with van der Waals surface area (Å²) in [7, 11) is 4.67. The number of hydrogen-bond donors (Lipinski definition) is 1. The van der Waals surface area contributed by atoms with Crippen LogP contribution in [0.25, 0.3) is 11.0 Å². The number of methoxy groups -OCH3 is 3. The number of nitrogens with one attached hydrogen (secondary N) is 1. The summed E-state index contributed by atoms with van der Waals surface area (Å²) >= 11 is 0. The van der Waals surface area contributed by atoms with E-state index < -0.39 is 0 Å². The van der Waals surface area contributed by atoms with Crippen LogP contribution in [0, 0.1) is 0 Å². The molecule has 1 heterocycles. The first-order chi connectivity index (χ1) is 12.7. The van der Waals surface area contributed by atoms with Gasteiger partial charge in [0, 0.05) is 6.54 Å². The van der Waals surface area contributed by atoms with E-state index in [2.05, 4.69) is 10.3 Å². The largest absolute Gasteiger partial charge is 0.493 e. The van der Waals surface area contributed by atoms with Gasteiger partial charge in [0.25, 0.3) is 0 Å². The van der Waals surface area contributed by atoms with Crippen molar-refractivity contribution in [1.29, 1.82) is 0 Å². The number of hydrogen-bond acceptors (Lipinski definition) is 5. The summed E-state index contributed by atoms with van der Waals surface area (Å²) in [5.74, 6) is 1.52. The summed E-state index contributed by atoms with van der Waals surface area (Å²) in [6, 6.07) is 11.3. The first-order valence-electron chi connectivity index (χ1n) is 8.11. The molecule has 1 amide bonds. The highest BCUT2D eigenvalue weighted by molar-refractivity contribution is 5.80. The standard InChI is InChI=1S/C19H21N3O4/c1-24-16-8-13(9-17(25-2)19(16)26-3)10-20-18(23)11-22-12-21-14-6-4-5-7-15(14)22/h4-9,12H,10-11H2,1-3H3,(H,20,23). The van der Waals surface area contributed by atoms with Crippen molar-refractivity contribution in [1.82, 2.24) is 14.9 Å². The fourth-order valence-electron chi connectivity index (χ4n) is 2.79. The minimum absolute atomic E-state index is 0.109. The average molecular weight is 355 g/mol. The highest BCUT2D eigenvalue weighted by Gasteiger charge is 2.14. The summed E-state index contributed by atoms with van der Waals surface area (Å²) in [5, 5.41) is 2.90. The molecule has 7 nitrogen and oxygen atoms in total. The first kappa shape index (κ1) is 17.6. The number of imidazole rings is 1. The Labute approximate surface area is 151 Å². The molecule has 0 saturated carbocycles. The number of amides is 1. The molecule has 2 aromatic carbocycles. The number of rotatable bonds is 7. The van der Waals surface area contributed by atoms with Gasteiger partial charge in [-0.05, 0) is 29.8 Å². The predicted molar refractivity (Wildman–Crippen MR) is 97.7 cm³/mol. The van der Waals surface area contributed by atoms with Crippen LogP contribution < -0.4 is 19.5 Å². The van der Waals surface area contributed by atoms with Crippen LogP contribution in [0.4, 0.5) is 0 Å². The normalized spacial score (nSPS) is 10.6. The van der Waals surface area contributed by atoms with E-state index in [9.17, 15) is 4.79 Å². The van der Waals surface area contributed by atoms with Crippen molar-refractivity contribution in [3.05, 3.63) is 48.3 Å². The Balaban J connectivity index is 1.69. The lowest BCUT2D eigenvalue weighted by molar-refractivity contribution is -0.121. The molecule has 0 unspecified atom stereocenters. The van der Waals surface area contributed by atoms with E-state index in [1.165, 1.54) is 0 Å². The lowest BCUT2D eigenvalue weighted by Crippen LogP contribution is -2.26. The summed E-state index contributed by atoms with van der Waals surface area (Å²) < 4.78 is 17.8. The van der Waals surface area contributed by atoms with E-state index in [4.69, 9.17) is 14.2 Å². The first-order valence-corrected chi connectivity index (χ1v) is 8.11. The molecule has 1 aromatic heterocycles. The maximum atomic E-state index is 12.3. The van der Waals surface area contributed by atoms with Gasteiger partial charge in [0.2, 0.25) is 11.7 Å². The smallest absolute Gasteiger partial charge is 0.240 e. The molecule has 0 radical (unpaired) electrons. The second kappa shape index (κ2) is 7.77. The minimum atomic E-state index is -0.109. The van der Waals surface area contributed by atoms with Crippen LogP contribution in [-0.2, 0) is 17.9 Å². The molecule has 0 saturated heterocycles. The lowest BCUT2D eigenvalue weighted by Gasteiger charge is -2.14. The fourth-order valence-corrected chi connectivity index (χ4v) is 2.79. The van der Waals surface area contributed by atoms with Gasteiger partial charge in [0.1, 0.15) is 6.54 Å². The van der Waals surface area contributed by atoms with Crippen molar-refractivity contribution in [2.75, 3.05) is 21.3 Å². The number of fused-ring (bicyclic) bond motifs is 1. The Morgan fingerprint density at radius 2 is 1.77 bits per heavy atom. The maximum absolute atomic E-state index is 12.3. The van der Waals surface area contributed by atoms with Crippen molar-refractivity contribution in [3.8, 4) is 17.2 Å². The van der Waals surface area contributed by atoms with E-state index in [-0.39, 0.29) is 12.5 Å². The van der Waals surface area contributed by atoms with Gasteiger partial charge in [-0.1, -0.05) is 12.1 Å². The van der Waals surface area contributed by atoms with E-state index >= 15 is 0 Å². The molecule has 0 fully saturated rings. The van der Waals surface area contributed by atoms with E-state index in [1.54, 1.807) is 27.7 Å². The summed E-state index contributed by atoms with van der Waals surface area (Å²) in [4.78, 5) is 16.6. The SMILES string of the molecule is COc1cc(CNC(=O)Cn2cnc3ccccc32)cc(OC)c1OC. The van der Waals surface area contributed by atoms with Crippen molar-refractivity contribution in [3.63, 3.8) is 0 Å². The third-order valence-corrected chi connectivity index (χ3v) is 4.06. The molecule has 136 valence electrons. The van der Waals surface area contributed by atoms with Crippen LogP contribution in [0.3, 0.4) is 0 Å². The third-order valence-electron chi connectivity index (χ3n) is 4.06. The van der Waals surface area contributed by atoms with Crippen LogP contribution in [0.1, 0.15) is 5.56 Å². The third kappa shape index (κ3) is 3.56. The topological polar surface area (TPSA) is 74.6 Å². The van der Waals surface area contributed by atoms with E-state index in [1.807, 2.05) is 41.0 Å². The Morgan fingerprint density at radius 1 is 1.08 bits per heavy atom.